The molecule has 1 aromatic carbocycles. The van der Waals surface area contributed by atoms with Crippen molar-refractivity contribution in [1.29, 1.82) is 5.26 Å². The molecule has 1 aromatic heterocycles. The van der Waals surface area contributed by atoms with Crippen molar-refractivity contribution in [2.75, 3.05) is 12.8 Å². The Morgan fingerprint density at radius 2 is 1.95 bits per heavy atom. The van der Waals surface area contributed by atoms with Crippen LogP contribution in [0.25, 0.3) is 0 Å². The van der Waals surface area contributed by atoms with Gasteiger partial charge in [-0.25, -0.2) is 9.97 Å². The fourth-order valence-corrected chi connectivity index (χ4v) is 2.61. The van der Waals surface area contributed by atoms with Crippen LogP contribution in [0.3, 0.4) is 0 Å². The van der Waals surface area contributed by atoms with E-state index in [1.54, 1.807) is 30.3 Å². The number of carbonyl (C=O) groups is 1. The number of hydrogen-bond acceptors (Lipinski definition) is 5. The van der Waals surface area contributed by atoms with E-state index in [0.717, 1.165) is 11.3 Å². The molecule has 5 nitrogen and oxygen atoms in total. The second-order valence-electron chi connectivity index (χ2n) is 4.61. The summed E-state index contributed by atoms with van der Waals surface area (Å²) in [4.78, 5) is 22.5. The van der Waals surface area contributed by atoms with Crippen LogP contribution >= 0.6 is 11.8 Å². The predicted molar refractivity (Wildman–Crippen MR) is 85.4 cm³/mol. The van der Waals surface area contributed by atoms with E-state index in [4.69, 9.17) is 5.26 Å². The lowest BCUT2D eigenvalue weighted by atomic mass is 10.1. The molecule has 2 aromatic rings. The minimum Gasteiger partial charge on any atom is -0.336 e. The van der Waals surface area contributed by atoms with Crippen LogP contribution in [-0.4, -0.2) is 33.6 Å². The zero-order valence-corrected chi connectivity index (χ0v) is 13.3. The highest BCUT2D eigenvalue weighted by Gasteiger charge is 2.18. The maximum absolute atomic E-state index is 12.5. The molecule has 0 N–H and O–H groups in total. The first-order valence-electron chi connectivity index (χ1n) is 6.84. The molecule has 0 fully saturated rings. The lowest BCUT2D eigenvalue weighted by molar-refractivity contribution is 0.0774. The third-order valence-electron chi connectivity index (χ3n) is 3.00. The topological polar surface area (TPSA) is 69.9 Å². The van der Waals surface area contributed by atoms with Gasteiger partial charge in [0, 0.05) is 26.0 Å². The SMILES string of the molecule is CCSc1nccnc1C(=O)N(C)Cc1ccc(C#N)cc1. The van der Waals surface area contributed by atoms with Crippen LogP contribution in [0.2, 0.25) is 0 Å². The van der Waals surface area contributed by atoms with Crippen molar-refractivity contribution in [3.8, 4) is 6.07 Å². The van der Waals surface area contributed by atoms with Crippen LogP contribution in [0, 0.1) is 11.3 Å². The monoisotopic (exact) mass is 312 g/mol. The molecule has 6 heteroatoms. The average molecular weight is 312 g/mol. The number of carbonyl (C=O) groups excluding carboxylic acids is 1. The maximum atomic E-state index is 12.5. The largest absolute Gasteiger partial charge is 0.336 e. The van der Waals surface area contributed by atoms with Crippen LogP contribution in [0.15, 0.2) is 41.7 Å². The first-order valence-corrected chi connectivity index (χ1v) is 7.82. The van der Waals surface area contributed by atoms with Gasteiger partial charge in [-0.2, -0.15) is 5.26 Å². The summed E-state index contributed by atoms with van der Waals surface area (Å²) < 4.78 is 0. The molecule has 1 heterocycles. The first-order chi connectivity index (χ1) is 10.7. The van der Waals surface area contributed by atoms with Gasteiger partial charge in [0.15, 0.2) is 5.69 Å². The van der Waals surface area contributed by atoms with E-state index in [0.29, 0.717) is 22.8 Å². The Kier molecular flexibility index (Phi) is 5.50. The van der Waals surface area contributed by atoms with Crippen LogP contribution in [0.1, 0.15) is 28.5 Å². The number of aromatic nitrogens is 2. The van der Waals surface area contributed by atoms with Gasteiger partial charge in [-0.3, -0.25) is 4.79 Å². The third-order valence-corrected chi connectivity index (χ3v) is 3.86. The first kappa shape index (κ1) is 16.0. The Labute approximate surface area is 134 Å². The van der Waals surface area contributed by atoms with Gasteiger partial charge in [0.25, 0.3) is 5.91 Å². The minimum atomic E-state index is -0.159. The number of amides is 1. The quantitative estimate of drug-likeness (QED) is 0.794. The molecule has 1 amide bonds. The van der Waals surface area contributed by atoms with Crippen LogP contribution in [0.4, 0.5) is 0 Å². The molecule has 0 radical (unpaired) electrons. The van der Waals surface area contributed by atoms with Gasteiger partial charge in [-0.15, -0.1) is 11.8 Å². The van der Waals surface area contributed by atoms with Crippen molar-refractivity contribution in [1.82, 2.24) is 14.9 Å². The summed E-state index contributed by atoms with van der Waals surface area (Å²) in [6, 6.07) is 9.26. The van der Waals surface area contributed by atoms with Crippen molar-refractivity contribution in [3.05, 3.63) is 53.5 Å². The molecular weight excluding hydrogens is 296 g/mol. The van der Waals surface area contributed by atoms with Gasteiger partial charge in [0.2, 0.25) is 0 Å². The Hall–Kier alpha value is -2.39. The number of hydrogen-bond donors (Lipinski definition) is 0. The van der Waals surface area contributed by atoms with E-state index in [9.17, 15) is 4.79 Å². The Balaban J connectivity index is 2.13. The second kappa shape index (κ2) is 7.57. The average Bonchev–Trinajstić information content (AvgIpc) is 2.55. The molecular formula is C16H16N4OS. The highest BCUT2D eigenvalue weighted by molar-refractivity contribution is 7.99. The van der Waals surface area contributed by atoms with Crippen molar-refractivity contribution < 1.29 is 4.79 Å². The van der Waals surface area contributed by atoms with Crippen molar-refractivity contribution >= 4 is 17.7 Å². The summed E-state index contributed by atoms with van der Waals surface area (Å²) >= 11 is 1.50. The van der Waals surface area contributed by atoms with Gasteiger partial charge >= 0.3 is 0 Å². The van der Waals surface area contributed by atoms with Gasteiger partial charge in [0.05, 0.1) is 11.6 Å². The highest BCUT2D eigenvalue weighted by Crippen LogP contribution is 2.19. The Morgan fingerprint density at radius 3 is 2.59 bits per heavy atom. The fourth-order valence-electron chi connectivity index (χ4n) is 1.93. The Morgan fingerprint density at radius 1 is 1.27 bits per heavy atom. The van der Waals surface area contributed by atoms with Gasteiger partial charge in [-0.1, -0.05) is 19.1 Å². The highest BCUT2D eigenvalue weighted by atomic mass is 32.2. The Bertz CT molecular complexity index is 694. The molecule has 22 heavy (non-hydrogen) atoms. The van der Waals surface area contributed by atoms with Crippen molar-refractivity contribution in [2.24, 2.45) is 0 Å². The minimum absolute atomic E-state index is 0.159. The van der Waals surface area contributed by atoms with Gasteiger partial charge in [-0.05, 0) is 23.4 Å². The normalized spacial score (nSPS) is 10.0. The maximum Gasteiger partial charge on any atom is 0.275 e. The molecule has 0 aliphatic heterocycles. The van der Waals surface area contributed by atoms with Crippen LogP contribution in [-0.2, 0) is 6.54 Å². The number of thioether (sulfide) groups is 1. The molecule has 0 unspecified atom stereocenters. The molecule has 112 valence electrons. The van der Waals surface area contributed by atoms with E-state index in [2.05, 4.69) is 16.0 Å². The summed E-state index contributed by atoms with van der Waals surface area (Å²) in [5.74, 6) is 0.673. The second-order valence-corrected chi connectivity index (χ2v) is 5.87. The van der Waals surface area contributed by atoms with Crippen LogP contribution < -0.4 is 0 Å². The lowest BCUT2D eigenvalue weighted by Gasteiger charge is -2.17. The smallest absolute Gasteiger partial charge is 0.275 e. The molecule has 0 bridgehead atoms. The number of nitriles is 1. The van der Waals surface area contributed by atoms with Crippen molar-refractivity contribution in [2.45, 2.75) is 18.5 Å². The number of nitrogens with zero attached hydrogens (tertiary/aromatic N) is 4. The fraction of sp³-hybridized carbons (Fsp3) is 0.250. The zero-order valence-electron chi connectivity index (χ0n) is 12.5. The van der Waals surface area contributed by atoms with Gasteiger partial charge in [0.1, 0.15) is 5.03 Å². The summed E-state index contributed by atoms with van der Waals surface area (Å²) in [7, 11) is 1.73. The number of benzene rings is 1. The van der Waals surface area contributed by atoms with E-state index < -0.39 is 0 Å². The molecule has 0 saturated heterocycles. The summed E-state index contributed by atoms with van der Waals surface area (Å²) in [6.45, 7) is 2.46. The van der Waals surface area contributed by atoms with Crippen molar-refractivity contribution in [3.63, 3.8) is 0 Å². The predicted octanol–water partition coefficient (Wildman–Crippen LogP) is 2.73. The summed E-state index contributed by atoms with van der Waals surface area (Å²) in [5.41, 5.74) is 1.95. The van der Waals surface area contributed by atoms with E-state index in [1.807, 2.05) is 19.1 Å². The van der Waals surface area contributed by atoms with E-state index in [1.165, 1.54) is 18.0 Å². The van der Waals surface area contributed by atoms with E-state index in [-0.39, 0.29) is 5.91 Å². The lowest BCUT2D eigenvalue weighted by Crippen LogP contribution is -2.27. The molecule has 0 spiro atoms. The molecule has 0 aliphatic rings. The number of rotatable bonds is 5. The molecule has 0 saturated carbocycles. The summed E-state index contributed by atoms with van der Waals surface area (Å²) in [6.07, 6.45) is 3.12. The van der Waals surface area contributed by atoms with E-state index >= 15 is 0 Å². The summed E-state index contributed by atoms with van der Waals surface area (Å²) in [5, 5.41) is 9.45. The van der Waals surface area contributed by atoms with Crippen LogP contribution in [0.5, 0.6) is 0 Å². The molecule has 0 aliphatic carbocycles. The molecule has 2 rings (SSSR count). The van der Waals surface area contributed by atoms with Gasteiger partial charge < -0.3 is 4.90 Å². The zero-order chi connectivity index (χ0) is 15.9. The molecule has 0 atom stereocenters. The third kappa shape index (κ3) is 3.83. The standard InChI is InChI=1S/C16H16N4OS/c1-3-22-15-14(18-8-9-19-15)16(21)20(2)11-13-6-4-12(10-17)5-7-13/h4-9H,3,11H2,1-2H3.